The highest BCUT2D eigenvalue weighted by molar-refractivity contribution is 5.40. The molecule has 1 atom stereocenters. The Hall–Kier alpha value is -1.76. The van der Waals surface area contributed by atoms with Gasteiger partial charge in [0.2, 0.25) is 0 Å². The molecule has 108 valence electrons. The lowest BCUT2D eigenvalue weighted by Gasteiger charge is -2.42. The number of fused-ring (bicyclic) bond motifs is 2. The van der Waals surface area contributed by atoms with Gasteiger partial charge < -0.3 is 4.74 Å². The first-order chi connectivity index (χ1) is 10.3. The summed E-state index contributed by atoms with van der Waals surface area (Å²) in [7, 11) is 1.76. The third kappa shape index (κ3) is 2.25. The summed E-state index contributed by atoms with van der Waals surface area (Å²) in [5.41, 5.74) is 6.67. The first-order valence-electron chi connectivity index (χ1n) is 8.01. The van der Waals surface area contributed by atoms with Gasteiger partial charge in [-0.1, -0.05) is 30.3 Å². The third-order valence-electron chi connectivity index (χ3n) is 5.51. The van der Waals surface area contributed by atoms with Crippen molar-refractivity contribution in [3.8, 4) is 5.75 Å². The van der Waals surface area contributed by atoms with Gasteiger partial charge in [0.15, 0.2) is 0 Å². The Morgan fingerprint density at radius 3 is 2.24 bits per heavy atom. The summed E-state index contributed by atoms with van der Waals surface area (Å²) in [5, 5.41) is 0. The summed E-state index contributed by atoms with van der Waals surface area (Å²) in [5.74, 6) is 1.00. The summed E-state index contributed by atoms with van der Waals surface area (Å²) in [6, 6.07) is 15.6. The number of methoxy groups -OCH3 is 1. The zero-order valence-electron chi connectivity index (χ0n) is 12.7. The second-order valence-corrected chi connectivity index (χ2v) is 6.76. The molecule has 0 heterocycles. The fourth-order valence-electron chi connectivity index (χ4n) is 4.26. The molecule has 2 aromatic carbocycles. The minimum absolute atomic E-state index is 0.480. The molecule has 1 spiro atoms. The van der Waals surface area contributed by atoms with E-state index < -0.39 is 0 Å². The van der Waals surface area contributed by atoms with Crippen molar-refractivity contribution in [2.75, 3.05) is 7.11 Å². The van der Waals surface area contributed by atoms with Gasteiger partial charge in [-0.05, 0) is 78.3 Å². The second-order valence-electron chi connectivity index (χ2n) is 6.76. The number of hydrogen-bond acceptors (Lipinski definition) is 1. The van der Waals surface area contributed by atoms with Crippen LogP contribution in [0.5, 0.6) is 5.75 Å². The van der Waals surface area contributed by atoms with Gasteiger partial charge in [-0.2, -0.15) is 0 Å². The van der Waals surface area contributed by atoms with Crippen LogP contribution in [0.1, 0.15) is 35.1 Å². The maximum absolute atomic E-state index is 5.41. The minimum atomic E-state index is 0.480. The van der Waals surface area contributed by atoms with E-state index in [-0.39, 0.29) is 0 Å². The standard InChI is InChI=1S/C20H22O/c1-21-19-7-6-16-9-11-20(14-18(16)12-19)10-8-15-4-2-3-5-17(15)13-20/h2-7,12H,8-11,13-14H2,1H3. The van der Waals surface area contributed by atoms with E-state index in [1.807, 2.05) is 0 Å². The van der Waals surface area contributed by atoms with E-state index in [0.29, 0.717) is 5.41 Å². The van der Waals surface area contributed by atoms with Gasteiger partial charge in [0.05, 0.1) is 7.11 Å². The molecule has 4 rings (SSSR count). The molecular formula is C20H22O. The van der Waals surface area contributed by atoms with Crippen molar-refractivity contribution in [1.29, 1.82) is 0 Å². The Labute approximate surface area is 127 Å². The van der Waals surface area contributed by atoms with Crippen molar-refractivity contribution in [3.05, 3.63) is 64.7 Å². The van der Waals surface area contributed by atoms with E-state index in [4.69, 9.17) is 4.74 Å². The number of rotatable bonds is 1. The molecule has 0 fully saturated rings. The maximum atomic E-state index is 5.41. The number of ether oxygens (including phenoxy) is 1. The molecule has 2 aliphatic rings. The predicted molar refractivity (Wildman–Crippen MR) is 85.9 cm³/mol. The van der Waals surface area contributed by atoms with Crippen molar-refractivity contribution in [1.82, 2.24) is 0 Å². The fourth-order valence-corrected chi connectivity index (χ4v) is 4.26. The first kappa shape index (κ1) is 12.9. The van der Waals surface area contributed by atoms with Gasteiger partial charge in [0.25, 0.3) is 0 Å². The lowest BCUT2D eigenvalue weighted by Crippen LogP contribution is -2.34. The van der Waals surface area contributed by atoms with Crippen LogP contribution in [-0.2, 0) is 25.7 Å². The fraction of sp³-hybridized carbons (Fsp3) is 0.400. The van der Waals surface area contributed by atoms with Crippen LogP contribution in [0.3, 0.4) is 0 Å². The SMILES string of the molecule is COc1ccc2c(c1)CC1(CCc3ccccc3C1)CC2. The van der Waals surface area contributed by atoms with Crippen LogP contribution in [0.4, 0.5) is 0 Å². The van der Waals surface area contributed by atoms with E-state index in [1.54, 1.807) is 18.2 Å². The molecule has 0 N–H and O–H groups in total. The molecule has 0 saturated carbocycles. The summed E-state index contributed by atoms with van der Waals surface area (Å²) >= 11 is 0. The van der Waals surface area contributed by atoms with Gasteiger partial charge >= 0.3 is 0 Å². The molecule has 2 aromatic rings. The molecule has 1 nitrogen and oxygen atoms in total. The monoisotopic (exact) mass is 278 g/mol. The summed E-state index contributed by atoms with van der Waals surface area (Å²) in [6.07, 6.45) is 7.60. The smallest absolute Gasteiger partial charge is 0.119 e. The normalized spacial score (nSPS) is 23.5. The van der Waals surface area contributed by atoms with E-state index >= 15 is 0 Å². The van der Waals surface area contributed by atoms with Crippen LogP contribution < -0.4 is 4.74 Å². The highest BCUT2D eigenvalue weighted by atomic mass is 16.5. The Kier molecular flexibility index (Phi) is 3.02. The topological polar surface area (TPSA) is 9.23 Å². The van der Waals surface area contributed by atoms with Crippen molar-refractivity contribution in [2.24, 2.45) is 5.41 Å². The average molecular weight is 278 g/mol. The van der Waals surface area contributed by atoms with Crippen molar-refractivity contribution >= 4 is 0 Å². The van der Waals surface area contributed by atoms with Crippen LogP contribution in [0.15, 0.2) is 42.5 Å². The van der Waals surface area contributed by atoms with Crippen LogP contribution in [-0.4, -0.2) is 7.11 Å². The molecular weight excluding hydrogens is 256 g/mol. The first-order valence-corrected chi connectivity index (χ1v) is 8.01. The van der Waals surface area contributed by atoms with Crippen molar-refractivity contribution < 1.29 is 4.74 Å². The number of benzene rings is 2. The molecule has 0 aromatic heterocycles. The zero-order chi connectivity index (χ0) is 14.3. The zero-order valence-corrected chi connectivity index (χ0v) is 12.7. The molecule has 0 bridgehead atoms. The molecule has 0 aliphatic heterocycles. The van der Waals surface area contributed by atoms with Crippen LogP contribution in [0, 0.1) is 5.41 Å². The lowest BCUT2D eigenvalue weighted by molar-refractivity contribution is 0.210. The van der Waals surface area contributed by atoms with E-state index in [1.165, 1.54) is 49.7 Å². The summed E-state index contributed by atoms with van der Waals surface area (Å²) in [4.78, 5) is 0. The van der Waals surface area contributed by atoms with Gasteiger partial charge in [-0.15, -0.1) is 0 Å². The van der Waals surface area contributed by atoms with Crippen LogP contribution in [0.2, 0.25) is 0 Å². The van der Waals surface area contributed by atoms with Gasteiger partial charge in [-0.3, -0.25) is 0 Å². The largest absolute Gasteiger partial charge is 0.497 e. The summed E-state index contributed by atoms with van der Waals surface area (Å²) < 4.78 is 5.41. The molecule has 0 amide bonds. The molecule has 2 aliphatic carbocycles. The Morgan fingerprint density at radius 2 is 1.48 bits per heavy atom. The van der Waals surface area contributed by atoms with Crippen LogP contribution >= 0.6 is 0 Å². The Bertz CT molecular complexity index is 673. The van der Waals surface area contributed by atoms with Gasteiger partial charge in [0.1, 0.15) is 5.75 Å². The highest BCUT2D eigenvalue weighted by Gasteiger charge is 2.37. The highest BCUT2D eigenvalue weighted by Crippen LogP contribution is 2.45. The van der Waals surface area contributed by atoms with Gasteiger partial charge in [-0.25, -0.2) is 0 Å². The maximum Gasteiger partial charge on any atom is 0.119 e. The molecule has 0 saturated heterocycles. The second kappa shape index (κ2) is 4.91. The molecule has 1 heteroatoms. The molecule has 0 radical (unpaired) electrons. The van der Waals surface area contributed by atoms with E-state index in [0.717, 1.165) is 5.75 Å². The number of hydrogen-bond donors (Lipinski definition) is 0. The van der Waals surface area contributed by atoms with Gasteiger partial charge in [0, 0.05) is 0 Å². The molecule has 21 heavy (non-hydrogen) atoms. The molecule has 1 unspecified atom stereocenters. The van der Waals surface area contributed by atoms with Crippen molar-refractivity contribution in [2.45, 2.75) is 38.5 Å². The lowest BCUT2D eigenvalue weighted by atomic mass is 9.63. The Morgan fingerprint density at radius 1 is 0.810 bits per heavy atom. The minimum Gasteiger partial charge on any atom is -0.497 e. The van der Waals surface area contributed by atoms with E-state index in [9.17, 15) is 0 Å². The average Bonchev–Trinajstić information content (AvgIpc) is 2.54. The Balaban J connectivity index is 1.66. The van der Waals surface area contributed by atoms with E-state index in [2.05, 4.69) is 42.5 Å². The quantitative estimate of drug-likeness (QED) is 0.753. The predicted octanol–water partition coefficient (Wildman–Crippen LogP) is 4.36. The summed E-state index contributed by atoms with van der Waals surface area (Å²) in [6.45, 7) is 0. The number of aryl methyl sites for hydroxylation is 2. The van der Waals surface area contributed by atoms with Crippen molar-refractivity contribution in [3.63, 3.8) is 0 Å². The third-order valence-corrected chi connectivity index (χ3v) is 5.51. The van der Waals surface area contributed by atoms with Crippen LogP contribution in [0.25, 0.3) is 0 Å².